The predicted molar refractivity (Wildman–Crippen MR) is 121 cm³/mol. The summed E-state index contributed by atoms with van der Waals surface area (Å²) in [7, 11) is 10.0. The first-order valence-electron chi connectivity index (χ1n) is 8.34. The van der Waals surface area contributed by atoms with Crippen LogP contribution >= 0.6 is 35.6 Å². The molecular weight excluding hydrogens is 461 g/mol. The third kappa shape index (κ3) is 6.48. The quantitative estimate of drug-likeness (QED) is 0.383. The monoisotopic (exact) mass is 489 g/mol. The molecule has 1 N–H and O–H groups in total. The van der Waals surface area contributed by atoms with Crippen LogP contribution in [0.25, 0.3) is 0 Å². The largest absolute Gasteiger partial charge is 0.352 e. The highest BCUT2D eigenvalue weighted by Crippen LogP contribution is 2.14. The minimum Gasteiger partial charge on any atom is -0.352 e. The zero-order chi connectivity index (χ0) is 18.4. The fourth-order valence-corrected chi connectivity index (χ4v) is 3.10. The molecule has 0 aliphatic heterocycles. The molecule has 144 valence electrons. The number of guanidine groups is 1. The zero-order valence-electron chi connectivity index (χ0n) is 16.2. The van der Waals surface area contributed by atoms with E-state index in [1.807, 2.05) is 38.0 Å². The van der Waals surface area contributed by atoms with Crippen LogP contribution in [0.3, 0.4) is 0 Å². The van der Waals surface area contributed by atoms with Crippen molar-refractivity contribution >= 4 is 41.5 Å². The molecule has 0 saturated heterocycles. The maximum atomic E-state index is 6.07. The molecule has 0 atom stereocenters. The van der Waals surface area contributed by atoms with Gasteiger partial charge in [0.1, 0.15) is 0 Å². The Morgan fingerprint density at radius 1 is 1.15 bits per heavy atom. The fourth-order valence-electron chi connectivity index (χ4n) is 2.83. The van der Waals surface area contributed by atoms with Gasteiger partial charge < -0.3 is 19.7 Å². The van der Waals surface area contributed by atoms with Gasteiger partial charge in [-0.25, -0.2) is 0 Å². The molecule has 26 heavy (non-hydrogen) atoms. The minimum absolute atomic E-state index is 0. The Hall–Kier alpha value is -1.25. The lowest BCUT2D eigenvalue weighted by Gasteiger charge is -2.23. The van der Waals surface area contributed by atoms with E-state index in [1.54, 1.807) is 0 Å². The predicted octanol–water partition coefficient (Wildman–Crippen LogP) is 3.57. The Balaban J connectivity index is 0.00000338. The van der Waals surface area contributed by atoms with Gasteiger partial charge in [-0.1, -0.05) is 35.9 Å². The number of aryl methyl sites for hydroxylation is 1. The molecule has 2 rings (SSSR count). The molecule has 1 heterocycles. The van der Waals surface area contributed by atoms with Crippen molar-refractivity contribution in [1.29, 1.82) is 0 Å². The maximum absolute atomic E-state index is 6.07. The number of hydrogen-bond acceptors (Lipinski definition) is 2. The highest BCUT2D eigenvalue weighted by molar-refractivity contribution is 14.0. The summed E-state index contributed by atoms with van der Waals surface area (Å²) in [5.41, 5.74) is 3.75. The van der Waals surface area contributed by atoms with Gasteiger partial charge in [-0.05, 0) is 31.3 Å². The average Bonchev–Trinajstić information content (AvgIpc) is 2.86. The van der Waals surface area contributed by atoms with E-state index >= 15 is 0 Å². The van der Waals surface area contributed by atoms with Crippen molar-refractivity contribution in [2.45, 2.75) is 19.6 Å². The molecular formula is C19H29ClIN5. The van der Waals surface area contributed by atoms with Crippen LogP contribution < -0.4 is 5.32 Å². The van der Waals surface area contributed by atoms with Gasteiger partial charge in [-0.3, -0.25) is 4.99 Å². The molecule has 0 fully saturated rings. The van der Waals surface area contributed by atoms with Crippen molar-refractivity contribution in [2.75, 3.05) is 28.2 Å². The van der Waals surface area contributed by atoms with Crippen LogP contribution in [0.1, 0.15) is 16.8 Å². The lowest BCUT2D eigenvalue weighted by atomic mass is 10.1. The number of nitrogens with one attached hydrogen (secondary N) is 1. The van der Waals surface area contributed by atoms with Crippen LogP contribution in [0.5, 0.6) is 0 Å². The normalized spacial score (nSPS) is 11.4. The Kier molecular flexibility index (Phi) is 9.46. The second kappa shape index (κ2) is 10.8. The second-order valence-corrected chi connectivity index (χ2v) is 6.96. The van der Waals surface area contributed by atoms with E-state index in [4.69, 9.17) is 11.6 Å². The molecule has 0 amide bonds. The second-order valence-electron chi connectivity index (χ2n) is 6.52. The van der Waals surface area contributed by atoms with E-state index in [9.17, 15) is 0 Å². The average molecular weight is 490 g/mol. The Labute approximate surface area is 179 Å². The lowest BCUT2D eigenvalue weighted by Crippen LogP contribution is -2.38. The van der Waals surface area contributed by atoms with Crippen LogP contribution in [-0.2, 0) is 26.7 Å². The minimum atomic E-state index is 0. The van der Waals surface area contributed by atoms with E-state index in [-0.39, 0.29) is 24.0 Å². The van der Waals surface area contributed by atoms with Gasteiger partial charge >= 0.3 is 0 Å². The third-order valence-electron chi connectivity index (χ3n) is 4.09. The van der Waals surface area contributed by atoms with Crippen molar-refractivity contribution in [3.63, 3.8) is 0 Å². The fraction of sp³-hybridized carbons (Fsp3) is 0.421. The van der Waals surface area contributed by atoms with Gasteiger partial charge in [0.2, 0.25) is 0 Å². The highest BCUT2D eigenvalue weighted by Gasteiger charge is 2.11. The summed E-state index contributed by atoms with van der Waals surface area (Å²) in [6, 6.07) is 10.5. The van der Waals surface area contributed by atoms with E-state index in [2.05, 4.69) is 58.5 Å². The molecule has 7 heteroatoms. The molecule has 0 bridgehead atoms. The highest BCUT2D eigenvalue weighted by atomic mass is 127. The van der Waals surface area contributed by atoms with Gasteiger partial charge in [-0.2, -0.15) is 0 Å². The molecule has 0 aliphatic rings. The first-order chi connectivity index (χ1) is 11.9. The number of halogens is 2. The van der Waals surface area contributed by atoms with Crippen molar-refractivity contribution in [3.05, 3.63) is 58.4 Å². The SMILES string of the molecule is CN=C(NCc1ccccc1CN(C)C)N(C)Cc1cc(Cl)cn1C.I. The van der Waals surface area contributed by atoms with Crippen molar-refractivity contribution < 1.29 is 0 Å². The number of rotatable bonds is 6. The Morgan fingerprint density at radius 2 is 1.81 bits per heavy atom. The molecule has 2 aromatic rings. The molecule has 0 unspecified atom stereocenters. The molecule has 0 spiro atoms. The van der Waals surface area contributed by atoms with Crippen LogP contribution in [-0.4, -0.2) is 48.5 Å². The van der Waals surface area contributed by atoms with Gasteiger partial charge in [0.25, 0.3) is 0 Å². The molecule has 1 aromatic carbocycles. The molecule has 1 aromatic heterocycles. The summed E-state index contributed by atoms with van der Waals surface area (Å²) in [5.74, 6) is 0.858. The van der Waals surface area contributed by atoms with Crippen LogP contribution in [0.2, 0.25) is 5.02 Å². The topological polar surface area (TPSA) is 35.8 Å². The number of hydrogen-bond donors (Lipinski definition) is 1. The van der Waals surface area contributed by atoms with E-state index in [1.165, 1.54) is 11.1 Å². The molecule has 0 saturated carbocycles. The smallest absolute Gasteiger partial charge is 0.194 e. The van der Waals surface area contributed by atoms with Crippen LogP contribution in [0, 0.1) is 0 Å². The van der Waals surface area contributed by atoms with Crippen LogP contribution in [0.15, 0.2) is 41.5 Å². The van der Waals surface area contributed by atoms with Crippen molar-refractivity contribution in [1.82, 2.24) is 19.7 Å². The van der Waals surface area contributed by atoms with Gasteiger partial charge in [0.05, 0.1) is 11.6 Å². The van der Waals surface area contributed by atoms with Gasteiger partial charge in [0, 0.05) is 46.1 Å². The number of benzene rings is 1. The van der Waals surface area contributed by atoms with Gasteiger partial charge in [-0.15, -0.1) is 24.0 Å². The van der Waals surface area contributed by atoms with E-state index in [0.717, 1.165) is 36.3 Å². The first kappa shape index (κ1) is 22.8. The van der Waals surface area contributed by atoms with Gasteiger partial charge in [0.15, 0.2) is 5.96 Å². The summed E-state index contributed by atoms with van der Waals surface area (Å²) in [6.45, 7) is 2.41. The maximum Gasteiger partial charge on any atom is 0.194 e. The lowest BCUT2D eigenvalue weighted by molar-refractivity contribution is 0.400. The summed E-state index contributed by atoms with van der Waals surface area (Å²) in [4.78, 5) is 8.68. The zero-order valence-corrected chi connectivity index (χ0v) is 19.2. The standard InChI is InChI=1S/C19H28ClN5.HI/c1-21-19(25(5)14-18-10-17(20)13-24(18)4)22-11-15-8-6-7-9-16(15)12-23(2)3;/h6-10,13H,11-12,14H2,1-5H3,(H,21,22);1H. The van der Waals surface area contributed by atoms with Crippen molar-refractivity contribution in [3.8, 4) is 0 Å². The number of aromatic nitrogens is 1. The first-order valence-corrected chi connectivity index (χ1v) is 8.72. The third-order valence-corrected chi connectivity index (χ3v) is 4.30. The van der Waals surface area contributed by atoms with E-state index < -0.39 is 0 Å². The summed E-state index contributed by atoms with van der Waals surface area (Å²) in [5, 5.41) is 4.22. The Morgan fingerprint density at radius 3 is 2.35 bits per heavy atom. The molecule has 0 radical (unpaired) electrons. The van der Waals surface area contributed by atoms with Crippen molar-refractivity contribution in [2.24, 2.45) is 12.0 Å². The summed E-state index contributed by atoms with van der Waals surface area (Å²) < 4.78 is 2.04. The summed E-state index contributed by atoms with van der Waals surface area (Å²) in [6.07, 6.45) is 1.92. The molecule has 0 aliphatic carbocycles. The molecule has 5 nitrogen and oxygen atoms in total. The van der Waals surface area contributed by atoms with Crippen LogP contribution in [0.4, 0.5) is 0 Å². The van der Waals surface area contributed by atoms with E-state index in [0.29, 0.717) is 0 Å². The number of nitrogens with zero attached hydrogens (tertiary/aromatic N) is 4. The number of aliphatic imine (C=N–C) groups is 1. The Bertz CT molecular complexity index is 726. The summed E-state index contributed by atoms with van der Waals surface area (Å²) >= 11 is 6.07.